The molecular weight excluding hydrogens is 645 g/mol. The Bertz CT molecular complexity index is 2870. The molecular formula is C50H32N2O. The third kappa shape index (κ3) is 5.56. The summed E-state index contributed by atoms with van der Waals surface area (Å²) in [4.78, 5) is 10.1. The van der Waals surface area contributed by atoms with Crippen LogP contribution in [0.5, 0.6) is 0 Å². The van der Waals surface area contributed by atoms with Crippen LogP contribution in [0.3, 0.4) is 0 Å². The monoisotopic (exact) mass is 676 g/mol. The van der Waals surface area contributed by atoms with E-state index in [1.165, 1.54) is 16.7 Å². The van der Waals surface area contributed by atoms with E-state index in [1.54, 1.807) is 0 Å². The standard InChI is InChI=1S/C50H32N2O/c1-4-15-33(16-5-1)39-23-10-11-24-40(39)37-27-28-42-45-31-44(41-25-12-13-26-43(41)49(45)53-48(42)30-37)36-21-14-22-38(29-36)47-32-46(34-17-6-2-7-18-34)51-50(52-47)35-19-8-3-9-20-35/h1-32H. The van der Waals surface area contributed by atoms with Gasteiger partial charge in [-0.05, 0) is 69.1 Å². The van der Waals surface area contributed by atoms with Crippen LogP contribution in [-0.2, 0) is 0 Å². The lowest BCUT2D eigenvalue weighted by atomic mass is 9.92. The Labute approximate surface area is 307 Å². The van der Waals surface area contributed by atoms with E-state index in [9.17, 15) is 0 Å². The van der Waals surface area contributed by atoms with Gasteiger partial charge in [0.2, 0.25) is 0 Å². The van der Waals surface area contributed by atoms with E-state index in [1.807, 2.05) is 36.4 Å². The number of hydrogen-bond acceptors (Lipinski definition) is 3. The summed E-state index contributed by atoms with van der Waals surface area (Å²) in [6.07, 6.45) is 0. The summed E-state index contributed by atoms with van der Waals surface area (Å²) >= 11 is 0. The minimum Gasteiger partial charge on any atom is -0.455 e. The van der Waals surface area contributed by atoms with Crippen LogP contribution in [0.4, 0.5) is 0 Å². The molecule has 0 radical (unpaired) electrons. The molecule has 2 heterocycles. The van der Waals surface area contributed by atoms with Crippen molar-refractivity contribution in [2.45, 2.75) is 0 Å². The molecule has 248 valence electrons. The highest BCUT2D eigenvalue weighted by molar-refractivity contribution is 6.19. The average Bonchev–Trinajstić information content (AvgIpc) is 3.62. The number of nitrogens with zero attached hydrogens (tertiary/aromatic N) is 2. The average molecular weight is 677 g/mol. The number of furan rings is 1. The first-order valence-corrected chi connectivity index (χ1v) is 17.9. The molecule has 2 aromatic heterocycles. The Kier molecular flexibility index (Phi) is 7.47. The van der Waals surface area contributed by atoms with E-state index in [0.717, 1.165) is 77.5 Å². The highest BCUT2D eigenvalue weighted by atomic mass is 16.3. The lowest BCUT2D eigenvalue weighted by Crippen LogP contribution is -1.96. The number of aromatic nitrogens is 2. The highest BCUT2D eigenvalue weighted by Gasteiger charge is 2.18. The third-order valence-electron chi connectivity index (χ3n) is 10.1. The molecule has 0 bridgehead atoms. The summed E-state index contributed by atoms with van der Waals surface area (Å²) in [7, 11) is 0. The maximum Gasteiger partial charge on any atom is 0.160 e. The van der Waals surface area contributed by atoms with Gasteiger partial charge in [0.15, 0.2) is 5.82 Å². The summed E-state index contributed by atoms with van der Waals surface area (Å²) in [5.41, 5.74) is 13.6. The molecule has 0 spiro atoms. The lowest BCUT2D eigenvalue weighted by molar-refractivity contribution is 0.673. The Morgan fingerprint density at radius 2 is 0.849 bits per heavy atom. The maximum atomic E-state index is 6.75. The van der Waals surface area contributed by atoms with Crippen molar-refractivity contribution in [1.82, 2.24) is 9.97 Å². The molecule has 3 heteroatoms. The second-order valence-electron chi connectivity index (χ2n) is 13.3. The van der Waals surface area contributed by atoms with Crippen molar-refractivity contribution in [3.8, 4) is 67.3 Å². The van der Waals surface area contributed by atoms with Crippen molar-refractivity contribution in [2.24, 2.45) is 0 Å². The van der Waals surface area contributed by atoms with E-state index in [-0.39, 0.29) is 0 Å². The smallest absolute Gasteiger partial charge is 0.160 e. The van der Waals surface area contributed by atoms with E-state index in [4.69, 9.17) is 14.4 Å². The Balaban J connectivity index is 1.12. The first-order chi connectivity index (χ1) is 26.3. The molecule has 0 unspecified atom stereocenters. The third-order valence-corrected chi connectivity index (χ3v) is 10.1. The Morgan fingerprint density at radius 1 is 0.302 bits per heavy atom. The van der Waals surface area contributed by atoms with Gasteiger partial charge in [-0.3, -0.25) is 0 Å². The van der Waals surface area contributed by atoms with Gasteiger partial charge < -0.3 is 4.42 Å². The quantitative estimate of drug-likeness (QED) is 0.176. The van der Waals surface area contributed by atoms with Crippen LogP contribution in [-0.4, -0.2) is 9.97 Å². The fourth-order valence-corrected chi connectivity index (χ4v) is 7.52. The first-order valence-electron chi connectivity index (χ1n) is 17.9. The maximum absolute atomic E-state index is 6.75. The minimum absolute atomic E-state index is 0.704. The summed E-state index contributed by atoms with van der Waals surface area (Å²) in [6, 6.07) is 67.9. The molecule has 0 aliphatic rings. The zero-order chi connectivity index (χ0) is 35.1. The summed E-state index contributed by atoms with van der Waals surface area (Å²) in [5, 5.41) is 4.43. The second kappa shape index (κ2) is 12.9. The van der Waals surface area contributed by atoms with E-state index >= 15 is 0 Å². The molecule has 10 aromatic rings. The molecule has 0 saturated carbocycles. The van der Waals surface area contributed by atoms with Crippen LogP contribution in [0, 0.1) is 0 Å². The lowest BCUT2D eigenvalue weighted by Gasteiger charge is -2.12. The molecule has 0 aliphatic heterocycles. The number of hydrogen-bond donors (Lipinski definition) is 0. The van der Waals surface area contributed by atoms with Crippen molar-refractivity contribution in [2.75, 3.05) is 0 Å². The highest BCUT2D eigenvalue weighted by Crippen LogP contribution is 2.42. The molecule has 8 aromatic carbocycles. The van der Waals surface area contributed by atoms with Crippen LogP contribution in [0.15, 0.2) is 199 Å². The van der Waals surface area contributed by atoms with Gasteiger partial charge in [0.05, 0.1) is 11.4 Å². The van der Waals surface area contributed by atoms with Crippen molar-refractivity contribution in [3.05, 3.63) is 194 Å². The number of fused-ring (bicyclic) bond motifs is 5. The van der Waals surface area contributed by atoms with Crippen LogP contribution in [0.25, 0.3) is 100.0 Å². The fourth-order valence-electron chi connectivity index (χ4n) is 7.52. The molecule has 0 atom stereocenters. The van der Waals surface area contributed by atoms with Gasteiger partial charge in [0.25, 0.3) is 0 Å². The van der Waals surface area contributed by atoms with E-state index < -0.39 is 0 Å². The first kappa shape index (κ1) is 30.7. The normalized spacial score (nSPS) is 11.4. The minimum atomic E-state index is 0.704. The molecule has 0 aliphatic carbocycles. The summed E-state index contributed by atoms with van der Waals surface area (Å²) in [6.45, 7) is 0. The van der Waals surface area contributed by atoms with Crippen LogP contribution in [0.2, 0.25) is 0 Å². The van der Waals surface area contributed by atoms with Gasteiger partial charge in [-0.25, -0.2) is 9.97 Å². The molecule has 0 amide bonds. The molecule has 10 rings (SSSR count). The molecule has 3 nitrogen and oxygen atoms in total. The van der Waals surface area contributed by atoms with Crippen LogP contribution < -0.4 is 0 Å². The van der Waals surface area contributed by atoms with Crippen LogP contribution in [0.1, 0.15) is 0 Å². The summed E-state index contributed by atoms with van der Waals surface area (Å²) < 4.78 is 6.75. The van der Waals surface area contributed by atoms with Gasteiger partial charge in [-0.1, -0.05) is 164 Å². The number of rotatable bonds is 6. The van der Waals surface area contributed by atoms with Crippen molar-refractivity contribution in [3.63, 3.8) is 0 Å². The largest absolute Gasteiger partial charge is 0.455 e. The predicted octanol–water partition coefficient (Wildman–Crippen LogP) is 13.5. The molecule has 53 heavy (non-hydrogen) atoms. The van der Waals surface area contributed by atoms with Gasteiger partial charge in [0, 0.05) is 32.8 Å². The SMILES string of the molecule is c1ccc(-c2cc(-c3cccc(-c4cc5c6ccc(-c7ccccc7-c7ccccc7)cc6oc5c5ccccc45)c3)nc(-c3ccccc3)n2)cc1. The van der Waals surface area contributed by atoms with Crippen molar-refractivity contribution < 1.29 is 4.42 Å². The van der Waals surface area contributed by atoms with Crippen molar-refractivity contribution in [1.29, 1.82) is 0 Å². The van der Waals surface area contributed by atoms with Gasteiger partial charge in [-0.15, -0.1) is 0 Å². The van der Waals surface area contributed by atoms with Gasteiger partial charge >= 0.3 is 0 Å². The van der Waals surface area contributed by atoms with E-state index in [2.05, 4.69) is 158 Å². The van der Waals surface area contributed by atoms with Crippen LogP contribution >= 0.6 is 0 Å². The number of benzene rings is 8. The van der Waals surface area contributed by atoms with Gasteiger partial charge in [-0.2, -0.15) is 0 Å². The van der Waals surface area contributed by atoms with Crippen molar-refractivity contribution >= 4 is 32.7 Å². The second-order valence-corrected chi connectivity index (χ2v) is 13.3. The molecule has 0 N–H and O–H groups in total. The zero-order valence-corrected chi connectivity index (χ0v) is 28.8. The fraction of sp³-hybridized carbons (Fsp3) is 0. The zero-order valence-electron chi connectivity index (χ0n) is 28.8. The predicted molar refractivity (Wildman–Crippen MR) is 219 cm³/mol. The molecule has 0 saturated heterocycles. The topological polar surface area (TPSA) is 38.9 Å². The Morgan fingerprint density at radius 3 is 1.58 bits per heavy atom. The van der Waals surface area contributed by atoms with E-state index in [0.29, 0.717) is 5.82 Å². The Hall–Kier alpha value is -7.10. The van der Waals surface area contributed by atoms with Gasteiger partial charge in [0.1, 0.15) is 11.2 Å². The molecule has 0 fully saturated rings. The summed E-state index contributed by atoms with van der Waals surface area (Å²) in [5.74, 6) is 0.704.